The van der Waals surface area contributed by atoms with Crippen molar-refractivity contribution in [2.45, 2.75) is 26.4 Å². The molecule has 1 aliphatic rings. The van der Waals surface area contributed by atoms with E-state index < -0.39 is 44.9 Å². The molecule has 0 spiro atoms. The number of ether oxygens (including phenoxy) is 2. The van der Waals surface area contributed by atoms with Gasteiger partial charge in [0.15, 0.2) is 0 Å². The van der Waals surface area contributed by atoms with Crippen LogP contribution in [0.15, 0.2) is 47.4 Å². The van der Waals surface area contributed by atoms with Crippen LogP contribution in [-0.2, 0) is 14.3 Å². The molecule has 13 heteroatoms. The summed E-state index contributed by atoms with van der Waals surface area (Å²) < 4.78 is 10.6. The summed E-state index contributed by atoms with van der Waals surface area (Å²) in [5, 5.41) is 21.5. The molecule has 0 N–H and O–H groups in total. The second-order valence-corrected chi connectivity index (χ2v) is 8.31. The van der Waals surface area contributed by atoms with Crippen molar-refractivity contribution in [3.63, 3.8) is 0 Å². The van der Waals surface area contributed by atoms with Crippen molar-refractivity contribution in [3.8, 4) is 11.5 Å². The standard InChI is InChI=1S/C22H19N3O9S/c1-3-13(2)33-20(26)12-23-21(27)19(35-22(23)28)10-14-4-7-16(8-5-14)34-18-9-6-15(24(29)30)11-17(18)25(31)32/h4-11,13H,3,12H2,1-2H3/b19-10+/t13-/m0/s1. The highest BCUT2D eigenvalue weighted by molar-refractivity contribution is 8.18. The fourth-order valence-electron chi connectivity index (χ4n) is 2.87. The maximum absolute atomic E-state index is 12.6. The van der Waals surface area contributed by atoms with E-state index in [2.05, 4.69) is 0 Å². The number of nitro benzene ring substituents is 2. The first kappa shape index (κ1) is 25.4. The lowest BCUT2D eigenvalue weighted by Crippen LogP contribution is -2.35. The minimum atomic E-state index is -0.786. The molecule has 0 unspecified atom stereocenters. The fraction of sp³-hybridized carbons (Fsp3) is 0.227. The molecule has 1 saturated heterocycles. The second-order valence-electron chi connectivity index (χ2n) is 7.31. The topological polar surface area (TPSA) is 159 Å². The van der Waals surface area contributed by atoms with Gasteiger partial charge in [0.25, 0.3) is 16.8 Å². The summed E-state index contributed by atoms with van der Waals surface area (Å²) in [5.74, 6) is -1.27. The maximum Gasteiger partial charge on any atom is 0.326 e. The summed E-state index contributed by atoms with van der Waals surface area (Å²) in [6.45, 7) is 3.07. The van der Waals surface area contributed by atoms with Crippen LogP contribution in [0.5, 0.6) is 11.5 Å². The molecular weight excluding hydrogens is 482 g/mol. The van der Waals surface area contributed by atoms with Gasteiger partial charge in [-0.3, -0.25) is 39.5 Å². The largest absolute Gasteiger partial charge is 0.461 e. The van der Waals surface area contributed by atoms with E-state index in [1.807, 2.05) is 6.92 Å². The van der Waals surface area contributed by atoms with E-state index in [1.54, 1.807) is 19.1 Å². The summed E-state index contributed by atoms with van der Waals surface area (Å²) >= 11 is 0.688. The maximum atomic E-state index is 12.6. The Morgan fingerprint density at radius 2 is 1.80 bits per heavy atom. The number of esters is 1. The molecule has 1 fully saturated rings. The number of benzene rings is 2. The Bertz CT molecular complexity index is 1230. The minimum absolute atomic E-state index is 0.117. The van der Waals surface area contributed by atoms with E-state index in [1.165, 1.54) is 18.2 Å². The number of nitro groups is 2. The lowest BCUT2D eigenvalue weighted by molar-refractivity contribution is -0.394. The van der Waals surface area contributed by atoms with Crippen molar-refractivity contribution in [1.82, 2.24) is 4.90 Å². The molecule has 3 rings (SSSR count). The van der Waals surface area contributed by atoms with Crippen molar-refractivity contribution >= 4 is 46.3 Å². The molecule has 0 aliphatic carbocycles. The smallest absolute Gasteiger partial charge is 0.326 e. The molecule has 1 atom stereocenters. The molecule has 0 saturated carbocycles. The van der Waals surface area contributed by atoms with Gasteiger partial charge in [-0.25, -0.2) is 0 Å². The quantitative estimate of drug-likeness (QED) is 0.204. The second kappa shape index (κ2) is 10.8. The first-order chi connectivity index (χ1) is 16.6. The number of amides is 2. The fourth-order valence-corrected chi connectivity index (χ4v) is 3.71. The molecule has 182 valence electrons. The lowest BCUT2D eigenvalue weighted by Gasteiger charge is -2.14. The Labute approximate surface area is 202 Å². The first-order valence-electron chi connectivity index (χ1n) is 10.2. The van der Waals surface area contributed by atoms with Gasteiger partial charge in [0, 0.05) is 6.07 Å². The van der Waals surface area contributed by atoms with Crippen LogP contribution in [0.1, 0.15) is 25.8 Å². The zero-order valence-electron chi connectivity index (χ0n) is 18.5. The highest BCUT2D eigenvalue weighted by Gasteiger charge is 2.36. The number of imide groups is 1. The summed E-state index contributed by atoms with van der Waals surface area (Å²) in [4.78, 5) is 58.2. The predicted molar refractivity (Wildman–Crippen MR) is 125 cm³/mol. The average Bonchev–Trinajstić information content (AvgIpc) is 3.07. The molecule has 0 bridgehead atoms. The summed E-state index contributed by atoms with van der Waals surface area (Å²) in [7, 11) is 0. The summed E-state index contributed by atoms with van der Waals surface area (Å²) in [5.41, 5.74) is -0.478. The molecule has 12 nitrogen and oxygen atoms in total. The van der Waals surface area contributed by atoms with Gasteiger partial charge in [-0.2, -0.15) is 0 Å². The molecule has 2 amide bonds. The molecule has 1 aliphatic heterocycles. The minimum Gasteiger partial charge on any atom is -0.461 e. The number of hydrogen-bond donors (Lipinski definition) is 0. The van der Waals surface area contributed by atoms with Gasteiger partial charge in [0.2, 0.25) is 5.75 Å². The Kier molecular flexibility index (Phi) is 7.81. The van der Waals surface area contributed by atoms with Crippen LogP contribution in [0.4, 0.5) is 16.2 Å². The Balaban J connectivity index is 1.72. The van der Waals surface area contributed by atoms with Gasteiger partial charge in [-0.1, -0.05) is 19.1 Å². The molecule has 2 aromatic carbocycles. The van der Waals surface area contributed by atoms with Crippen LogP contribution in [-0.4, -0.2) is 44.5 Å². The van der Waals surface area contributed by atoms with Crippen molar-refractivity contribution in [2.75, 3.05) is 6.54 Å². The zero-order chi connectivity index (χ0) is 25.7. The molecule has 35 heavy (non-hydrogen) atoms. The molecule has 0 aromatic heterocycles. The third-order valence-electron chi connectivity index (χ3n) is 4.82. The van der Waals surface area contributed by atoms with E-state index in [4.69, 9.17) is 9.47 Å². The van der Waals surface area contributed by atoms with E-state index in [9.17, 15) is 34.6 Å². The number of carbonyl (C=O) groups excluding carboxylic acids is 3. The molecule has 0 radical (unpaired) electrons. The van der Waals surface area contributed by atoms with Crippen molar-refractivity contribution in [3.05, 3.63) is 73.2 Å². The van der Waals surface area contributed by atoms with Crippen molar-refractivity contribution in [1.29, 1.82) is 0 Å². The predicted octanol–water partition coefficient (Wildman–Crippen LogP) is 4.67. The van der Waals surface area contributed by atoms with E-state index in [0.29, 0.717) is 23.7 Å². The van der Waals surface area contributed by atoms with E-state index >= 15 is 0 Å². The number of hydrogen-bond acceptors (Lipinski definition) is 10. The SMILES string of the molecule is CC[C@H](C)OC(=O)CN1C(=O)S/C(=C/c2ccc(Oc3ccc([N+](=O)[O-])cc3[N+](=O)[O-])cc2)C1=O. The van der Waals surface area contributed by atoms with Crippen LogP contribution in [0.3, 0.4) is 0 Å². The van der Waals surface area contributed by atoms with Crippen molar-refractivity contribution in [2.24, 2.45) is 0 Å². The summed E-state index contributed by atoms with van der Waals surface area (Å²) in [6, 6.07) is 9.08. The molecular formula is C22H19N3O9S. The van der Waals surface area contributed by atoms with Gasteiger partial charge in [0.1, 0.15) is 12.3 Å². The number of carbonyl (C=O) groups is 3. The monoisotopic (exact) mass is 501 g/mol. The highest BCUT2D eigenvalue weighted by atomic mass is 32.2. The van der Waals surface area contributed by atoms with E-state index in [0.717, 1.165) is 23.1 Å². The normalized spacial score (nSPS) is 15.3. The molecule has 1 heterocycles. The third kappa shape index (κ3) is 6.20. The van der Waals surface area contributed by atoms with Gasteiger partial charge < -0.3 is 9.47 Å². The Morgan fingerprint density at radius 1 is 1.11 bits per heavy atom. The number of non-ortho nitro benzene ring substituents is 1. The van der Waals surface area contributed by atoms with Crippen LogP contribution < -0.4 is 4.74 Å². The van der Waals surface area contributed by atoms with Crippen LogP contribution in [0.2, 0.25) is 0 Å². The Morgan fingerprint density at radius 3 is 2.40 bits per heavy atom. The van der Waals surface area contributed by atoms with Crippen LogP contribution >= 0.6 is 11.8 Å². The average molecular weight is 501 g/mol. The zero-order valence-corrected chi connectivity index (χ0v) is 19.4. The number of thioether (sulfide) groups is 1. The van der Waals surface area contributed by atoms with Gasteiger partial charge in [0.05, 0.1) is 26.9 Å². The lowest BCUT2D eigenvalue weighted by atomic mass is 10.2. The highest BCUT2D eigenvalue weighted by Crippen LogP contribution is 2.35. The van der Waals surface area contributed by atoms with Crippen LogP contribution in [0, 0.1) is 20.2 Å². The van der Waals surface area contributed by atoms with Gasteiger partial charge in [-0.05, 0) is 54.9 Å². The first-order valence-corrected chi connectivity index (χ1v) is 11.1. The third-order valence-corrected chi connectivity index (χ3v) is 5.73. The summed E-state index contributed by atoms with van der Waals surface area (Å²) in [6.07, 6.45) is 1.74. The van der Waals surface area contributed by atoms with Crippen molar-refractivity contribution < 1.29 is 33.7 Å². The Hall–Kier alpha value is -4.26. The van der Waals surface area contributed by atoms with Crippen LogP contribution in [0.25, 0.3) is 6.08 Å². The number of rotatable bonds is 9. The van der Waals surface area contributed by atoms with E-state index in [-0.39, 0.29) is 22.5 Å². The molecule has 2 aromatic rings. The number of nitrogens with zero attached hydrogens (tertiary/aromatic N) is 3. The van der Waals surface area contributed by atoms with Gasteiger partial charge >= 0.3 is 11.7 Å². The van der Waals surface area contributed by atoms with Gasteiger partial charge in [-0.15, -0.1) is 0 Å².